The number of amides is 1. The van der Waals surface area contributed by atoms with E-state index in [0.29, 0.717) is 26.2 Å². The molecule has 1 aromatic heterocycles. The van der Waals surface area contributed by atoms with Crippen molar-refractivity contribution in [2.75, 3.05) is 25.4 Å². The first kappa shape index (κ1) is 20.3. The Morgan fingerprint density at radius 3 is 2.64 bits per heavy atom. The number of hydrogen-bond acceptors (Lipinski definition) is 4. The van der Waals surface area contributed by atoms with E-state index >= 15 is 0 Å². The molecule has 0 bridgehead atoms. The molecule has 1 aliphatic heterocycles. The SMILES string of the molecule is CCS(=O)(=O)N1CC(CNC(=O)c2cccn(Cc3cccc(C)c3)c2=O)C1. The van der Waals surface area contributed by atoms with Crippen LogP contribution in [0.2, 0.25) is 0 Å². The third-order valence-corrected chi connectivity index (χ3v) is 6.75. The van der Waals surface area contributed by atoms with Crippen LogP contribution in [0, 0.1) is 12.8 Å². The zero-order chi connectivity index (χ0) is 20.3. The predicted molar refractivity (Wildman–Crippen MR) is 108 cm³/mol. The highest BCUT2D eigenvalue weighted by atomic mass is 32.2. The van der Waals surface area contributed by atoms with Gasteiger partial charge < -0.3 is 9.88 Å². The van der Waals surface area contributed by atoms with E-state index in [1.54, 1.807) is 19.2 Å². The molecular formula is C20H25N3O4S. The minimum absolute atomic E-state index is 0.0727. The van der Waals surface area contributed by atoms with Gasteiger partial charge in [0.15, 0.2) is 0 Å². The van der Waals surface area contributed by atoms with Crippen molar-refractivity contribution in [2.24, 2.45) is 5.92 Å². The monoisotopic (exact) mass is 403 g/mol. The quantitative estimate of drug-likeness (QED) is 0.753. The molecule has 3 rings (SSSR count). The summed E-state index contributed by atoms with van der Waals surface area (Å²) in [4.78, 5) is 25.1. The summed E-state index contributed by atoms with van der Waals surface area (Å²) >= 11 is 0. The number of carbonyl (C=O) groups excluding carboxylic acids is 1. The van der Waals surface area contributed by atoms with E-state index in [0.717, 1.165) is 11.1 Å². The number of pyridine rings is 1. The van der Waals surface area contributed by atoms with Crippen LogP contribution < -0.4 is 10.9 Å². The fourth-order valence-electron chi connectivity index (χ4n) is 3.23. The highest BCUT2D eigenvalue weighted by Gasteiger charge is 2.34. The zero-order valence-corrected chi connectivity index (χ0v) is 16.9. The van der Waals surface area contributed by atoms with E-state index in [-0.39, 0.29) is 22.8 Å². The van der Waals surface area contributed by atoms with Gasteiger partial charge in [-0.3, -0.25) is 9.59 Å². The molecule has 0 aliphatic carbocycles. The molecule has 1 N–H and O–H groups in total. The Balaban J connectivity index is 1.61. The lowest BCUT2D eigenvalue weighted by molar-refractivity contribution is 0.0927. The average molecular weight is 404 g/mol. The number of nitrogens with one attached hydrogen (secondary N) is 1. The first-order chi connectivity index (χ1) is 13.3. The largest absolute Gasteiger partial charge is 0.351 e. The van der Waals surface area contributed by atoms with Crippen molar-refractivity contribution >= 4 is 15.9 Å². The third-order valence-electron chi connectivity index (χ3n) is 4.93. The topological polar surface area (TPSA) is 88.5 Å². The second kappa shape index (κ2) is 8.28. The van der Waals surface area contributed by atoms with Crippen LogP contribution in [0.4, 0.5) is 0 Å². The van der Waals surface area contributed by atoms with Crippen molar-refractivity contribution in [3.05, 3.63) is 69.6 Å². The molecule has 150 valence electrons. The molecule has 0 radical (unpaired) electrons. The van der Waals surface area contributed by atoms with Gasteiger partial charge in [0.25, 0.3) is 11.5 Å². The lowest BCUT2D eigenvalue weighted by Gasteiger charge is -2.37. The first-order valence-corrected chi connectivity index (χ1v) is 10.9. The number of hydrogen-bond donors (Lipinski definition) is 1. The summed E-state index contributed by atoms with van der Waals surface area (Å²) in [5, 5.41) is 2.76. The Hall–Kier alpha value is -2.45. The molecule has 7 nitrogen and oxygen atoms in total. The van der Waals surface area contributed by atoms with E-state index < -0.39 is 15.9 Å². The van der Waals surface area contributed by atoms with Crippen molar-refractivity contribution < 1.29 is 13.2 Å². The van der Waals surface area contributed by atoms with E-state index in [1.165, 1.54) is 14.9 Å². The van der Waals surface area contributed by atoms with Gasteiger partial charge in [0.2, 0.25) is 10.0 Å². The maximum Gasteiger partial charge on any atom is 0.263 e. The van der Waals surface area contributed by atoms with Gasteiger partial charge in [0.1, 0.15) is 5.56 Å². The summed E-state index contributed by atoms with van der Waals surface area (Å²) in [7, 11) is -3.16. The summed E-state index contributed by atoms with van der Waals surface area (Å²) in [5.41, 5.74) is 1.85. The minimum Gasteiger partial charge on any atom is -0.351 e. The highest BCUT2D eigenvalue weighted by Crippen LogP contribution is 2.19. The van der Waals surface area contributed by atoms with Crippen LogP contribution in [0.5, 0.6) is 0 Å². The molecule has 1 saturated heterocycles. The smallest absolute Gasteiger partial charge is 0.263 e. The maximum absolute atomic E-state index is 12.7. The Labute approximate surface area is 165 Å². The van der Waals surface area contributed by atoms with Crippen molar-refractivity contribution in [2.45, 2.75) is 20.4 Å². The fourth-order valence-corrected chi connectivity index (χ4v) is 4.48. The maximum atomic E-state index is 12.7. The standard InChI is InChI=1S/C20H25N3O4S/c1-3-28(26,27)23-13-17(14-23)11-21-19(24)18-8-5-9-22(20(18)25)12-16-7-4-6-15(2)10-16/h4-10,17H,3,11-14H2,1-2H3,(H,21,24). The van der Waals surface area contributed by atoms with E-state index in [2.05, 4.69) is 5.32 Å². The van der Waals surface area contributed by atoms with Crippen molar-refractivity contribution in [3.63, 3.8) is 0 Å². The zero-order valence-electron chi connectivity index (χ0n) is 16.1. The number of benzene rings is 1. The number of aromatic nitrogens is 1. The molecule has 0 spiro atoms. The fraction of sp³-hybridized carbons (Fsp3) is 0.400. The highest BCUT2D eigenvalue weighted by molar-refractivity contribution is 7.89. The van der Waals surface area contributed by atoms with Gasteiger partial charge in [-0.2, -0.15) is 0 Å². The molecule has 28 heavy (non-hydrogen) atoms. The van der Waals surface area contributed by atoms with Crippen molar-refractivity contribution in [1.29, 1.82) is 0 Å². The number of carbonyl (C=O) groups is 1. The van der Waals surface area contributed by atoms with Crippen molar-refractivity contribution in [3.8, 4) is 0 Å². The van der Waals surface area contributed by atoms with E-state index in [1.807, 2.05) is 31.2 Å². The number of sulfonamides is 1. The predicted octanol–water partition coefficient (Wildman–Crippen LogP) is 1.22. The Kier molecular flexibility index (Phi) is 6.00. The van der Waals surface area contributed by atoms with Gasteiger partial charge in [-0.25, -0.2) is 12.7 Å². The van der Waals surface area contributed by atoms with Crippen molar-refractivity contribution in [1.82, 2.24) is 14.2 Å². The third kappa shape index (κ3) is 4.51. The lowest BCUT2D eigenvalue weighted by Crippen LogP contribution is -2.54. The molecule has 1 aliphatic rings. The second-order valence-corrected chi connectivity index (χ2v) is 9.40. The molecule has 0 atom stereocenters. The Morgan fingerprint density at radius 1 is 1.21 bits per heavy atom. The van der Waals surface area contributed by atoms with Crippen LogP contribution >= 0.6 is 0 Å². The van der Waals surface area contributed by atoms with Gasteiger partial charge in [0, 0.05) is 31.7 Å². The van der Waals surface area contributed by atoms with Gasteiger partial charge >= 0.3 is 0 Å². The van der Waals surface area contributed by atoms with E-state index in [4.69, 9.17) is 0 Å². The Morgan fingerprint density at radius 2 is 1.96 bits per heavy atom. The molecule has 1 aromatic carbocycles. The van der Waals surface area contributed by atoms with Crippen LogP contribution in [0.3, 0.4) is 0 Å². The van der Waals surface area contributed by atoms with Gasteiger partial charge in [0.05, 0.1) is 12.3 Å². The summed E-state index contributed by atoms with van der Waals surface area (Å²) in [6.07, 6.45) is 1.67. The van der Waals surface area contributed by atoms with Crippen LogP contribution in [0.15, 0.2) is 47.4 Å². The number of aryl methyl sites for hydroxylation is 1. The van der Waals surface area contributed by atoms with Crippen LogP contribution in [0.1, 0.15) is 28.4 Å². The average Bonchev–Trinajstić information content (AvgIpc) is 2.62. The summed E-state index contributed by atoms with van der Waals surface area (Å²) in [6.45, 7) is 5.16. The van der Waals surface area contributed by atoms with Gasteiger partial charge in [-0.05, 0) is 31.5 Å². The molecule has 8 heteroatoms. The molecular weight excluding hydrogens is 378 g/mol. The lowest BCUT2D eigenvalue weighted by atomic mass is 10.0. The van der Waals surface area contributed by atoms with Gasteiger partial charge in [-0.1, -0.05) is 29.8 Å². The first-order valence-electron chi connectivity index (χ1n) is 9.31. The molecule has 0 saturated carbocycles. The molecule has 1 amide bonds. The summed E-state index contributed by atoms with van der Waals surface area (Å²) in [5.74, 6) is -0.278. The summed E-state index contributed by atoms with van der Waals surface area (Å²) < 4.78 is 26.4. The number of rotatable bonds is 7. The minimum atomic E-state index is -3.16. The molecule has 0 unspecified atom stereocenters. The van der Waals surface area contributed by atoms with Crippen LogP contribution in [-0.4, -0.2) is 48.6 Å². The molecule has 2 heterocycles. The molecule has 2 aromatic rings. The van der Waals surface area contributed by atoms with Crippen LogP contribution in [0.25, 0.3) is 0 Å². The number of nitrogens with zero attached hydrogens (tertiary/aromatic N) is 2. The second-order valence-electron chi connectivity index (χ2n) is 7.14. The van der Waals surface area contributed by atoms with Crippen LogP contribution in [-0.2, 0) is 16.6 Å². The molecule has 1 fully saturated rings. The van der Waals surface area contributed by atoms with Gasteiger partial charge in [-0.15, -0.1) is 0 Å². The Bertz CT molecular complexity index is 1020. The summed E-state index contributed by atoms with van der Waals surface area (Å²) in [6, 6.07) is 11.1. The normalized spacial score (nSPS) is 15.2. The van der Waals surface area contributed by atoms with E-state index in [9.17, 15) is 18.0 Å².